The molecule has 4 heteroatoms. The van der Waals surface area contributed by atoms with Crippen LogP contribution in [0, 0.1) is 0 Å². The first-order valence-corrected chi connectivity index (χ1v) is 6.25. The lowest BCUT2D eigenvalue weighted by Crippen LogP contribution is -2.58. The molecule has 0 spiro atoms. The summed E-state index contributed by atoms with van der Waals surface area (Å²) >= 11 is 0. The molecule has 0 aromatic carbocycles. The van der Waals surface area contributed by atoms with E-state index < -0.39 is 17.6 Å². The van der Waals surface area contributed by atoms with Crippen LogP contribution in [0.5, 0.6) is 0 Å². The number of nitrogens with one attached hydrogen (secondary N) is 1. The van der Waals surface area contributed by atoms with Gasteiger partial charge in [0.05, 0.1) is 6.10 Å². The lowest BCUT2D eigenvalue weighted by Gasteiger charge is -2.37. The Bertz CT molecular complexity index is 238. The smallest absolute Gasteiger partial charge is 0.323 e. The van der Waals surface area contributed by atoms with E-state index in [1.165, 1.54) is 0 Å². The fourth-order valence-electron chi connectivity index (χ4n) is 2.45. The molecule has 1 saturated carbocycles. The van der Waals surface area contributed by atoms with E-state index in [4.69, 9.17) is 0 Å². The fraction of sp³-hybridized carbons (Fsp3) is 0.917. The van der Waals surface area contributed by atoms with E-state index in [0.717, 1.165) is 25.7 Å². The molecule has 1 rings (SSSR count). The first kappa shape index (κ1) is 13.5. The molecule has 2 atom stereocenters. The maximum absolute atomic E-state index is 11.3. The number of aliphatic hydroxyl groups is 1. The van der Waals surface area contributed by atoms with Crippen molar-refractivity contribution in [2.75, 3.05) is 0 Å². The Labute approximate surface area is 97.0 Å². The third kappa shape index (κ3) is 2.74. The van der Waals surface area contributed by atoms with Crippen molar-refractivity contribution in [3.05, 3.63) is 0 Å². The predicted octanol–water partition coefficient (Wildman–Crippen LogP) is 1.52. The van der Waals surface area contributed by atoms with Crippen molar-refractivity contribution >= 4 is 5.97 Å². The van der Waals surface area contributed by atoms with Crippen LogP contribution in [0.2, 0.25) is 0 Å². The zero-order valence-electron chi connectivity index (χ0n) is 10.2. The van der Waals surface area contributed by atoms with Crippen LogP contribution in [0.4, 0.5) is 0 Å². The number of hydrogen-bond donors (Lipinski definition) is 3. The molecule has 3 N–H and O–H groups in total. The number of aliphatic hydroxyl groups excluding tert-OH is 1. The minimum atomic E-state index is -0.872. The zero-order chi connectivity index (χ0) is 12.2. The normalized spacial score (nSPS) is 26.7. The zero-order valence-corrected chi connectivity index (χ0v) is 10.2. The lowest BCUT2D eigenvalue weighted by molar-refractivity contribution is -0.146. The molecule has 1 aliphatic rings. The van der Waals surface area contributed by atoms with E-state index >= 15 is 0 Å². The third-order valence-electron chi connectivity index (χ3n) is 3.81. The number of aliphatic carboxylic acids is 1. The molecule has 0 bridgehead atoms. The summed E-state index contributed by atoms with van der Waals surface area (Å²) in [5, 5.41) is 22.3. The van der Waals surface area contributed by atoms with Gasteiger partial charge in [-0.15, -0.1) is 0 Å². The molecule has 0 amide bonds. The Morgan fingerprint density at radius 1 is 1.31 bits per heavy atom. The molecular formula is C12H23NO3. The average molecular weight is 229 g/mol. The molecule has 0 radical (unpaired) electrons. The van der Waals surface area contributed by atoms with Crippen LogP contribution >= 0.6 is 0 Å². The van der Waals surface area contributed by atoms with Crippen molar-refractivity contribution in [2.45, 2.75) is 70.1 Å². The highest BCUT2D eigenvalue weighted by Gasteiger charge is 2.38. The number of carbonyl (C=O) groups is 1. The van der Waals surface area contributed by atoms with Crippen molar-refractivity contribution in [2.24, 2.45) is 0 Å². The highest BCUT2D eigenvalue weighted by atomic mass is 16.4. The van der Waals surface area contributed by atoms with Gasteiger partial charge in [-0.1, -0.05) is 26.7 Å². The fourth-order valence-corrected chi connectivity index (χ4v) is 2.45. The van der Waals surface area contributed by atoms with Gasteiger partial charge in [-0.05, 0) is 25.7 Å². The summed E-state index contributed by atoms with van der Waals surface area (Å²) in [4.78, 5) is 11.3. The van der Waals surface area contributed by atoms with Crippen LogP contribution in [0.15, 0.2) is 0 Å². The summed E-state index contributed by atoms with van der Waals surface area (Å²) in [5.74, 6) is -0.810. The Morgan fingerprint density at radius 2 is 1.88 bits per heavy atom. The number of hydrogen-bond acceptors (Lipinski definition) is 3. The van der Waals surface area contributed by atoms with E-state index in [-0.39, 0.29) is 6.04 Å². The van der Waals surface area contributed by atoms with E-state index in [2.05, 4.69) is 5.32 Å². The minimum Gasteiger partial charge on any atom is -0.480 e. The minimum absolute atomic E-state index is 0.0650. The molecule has 0 aromatic heterocycles. The van der Waals surface area contributed by atoms with Gasteiger partial charge < -0.3 is 10.2 Å². The molecule has 16 heavy (non-hydrogen) atoms. The van der Waals surface area contributed by atoms with Gasteiger partial charge in [0.25, 0.3) is 0 Å². The molecule has 1 fully saturated rings. The number of rotatable bonds is 5. The summed E-state index contributed by atoms with van der Waals surface area (Å²) in [5.41, 5.74) is -0.872. The lowest BCUT2D eigenvalue weighted by atomic mass is 9.86. The highest BCUT2D eigenvalue weighted by Crippen LogP contribution is 2.24. The maximum atomic E-state index is 11.3. The van der Waals surface area contributed by atoms with Gasteiger partial charge in [0, 0.05) is 6.04 Å². The van der Waals surface area contributed by atoms with Crippen molar-refractivity contribution in [1.82, 2.24) is 5.32 Å². The van der Waals surface area contributed by atoms with Crippen molar-refractivity contribution < 1.29 is 15.0 Å². The van der Waals surface area contributed by atoms with E-state index in [1.807, 2.05) is 13.8 Å². The molecule has 94 valence electrons. The van der Waals surface area contributed by atoms with Crippen molar-refractivity contribution in [3.8, 4) is 0 Å². The van der Waals surface area contributed by atoms with Gasteiger partial charge in [-0.2, -0.15) is 0 Å². The second-order valence-corrected chi connectivity index (χ2v) is 4.70. The molecule has 0 heterocycles. The van der Waals surface area contributed by atoms with Crippen LogP contribution in [-0.2, 0) is 4.79 Å². The van der Waals surface area contributed by atoms with Gasteiger partial charge >= 0.3 is 5.97 Å². The van der Waals surface area contributed by atoms with Gasteiger partial charge in [0.15, 0.2) is 0 Å². The highest BCUT2D eigenvalue weighted by molar-refractivity contribution is 5.78. The van der Waals surface area contributed by atoms with Gasteiger partial charge in [-0.3, -0.25) is 10.1 Å². The van der Waals surface area contributed by atoms with Crippen LogP contribution in [-0.4, -0.2) is 33.9 Å². The Hall–Kier alpha value is -0.610. The summed E-state index contributed by atoms with van der Waals surface area (Å²) in [6.07, 6.45) is 4.45. The third-order valence-corrected chi connectivity index (χ3v) is 3.81. The maximum Gasteiger partial charge on any atom is 0.323 e. The summed E-state index contributed by atoms with van der Waals surface area (Å²) in [6, 6.07) is -0.0650. The Balaban J connectivity index is 2.70. The van der Waals surface area contributed by atoms with Crippen LogP contribution in [0.3, 0.4) is 0 Å². The monoisotopic (exact) mass is 229 g/mol. The SMILES string of the molecule is CCC(CC)(NC1CCCCC1O)C(=O)O. The predicted molar refractivity (Wildman–Crippen MR) is 62.3 cm³/mol. The summed E-state index contributed by atoms with van der Waals surface area (Å²) in [7, 11) is 0. The molecule has 4 nitrogen and oxygen atoms in total. The Morgan fingerprint density at radius 3 is 2.31 bits per heavy atom. The first-order valence-electron chi connectivity index (χ1n) is 6.25. The second-order valence-electron chi connectivity index (χ2n) is 4.70. The summed E-state index contributed by atoms with van der Waals surface area (Å²) < 4.78 is 0. The van der Waals surface area contributed by atoms with E-state index in [1.54, 1.807) is 0 Å². The largest absolute Gasteiger partial charge is 0.480 e. The molecule has 0 aliphatic heterocycles. The molecular weight excluding hydrogens is 206 g/mol. The summed E-state index contributed by atoms with van der Waals surface area (Å²) in [6.45, 7) is 3.75. The van der Waals surface area contributed by atoms with Crippen LogP contribution in [0.1, 0.15) is 52.4 Å². The topological polar surface area (TPSA) is 69.6 Å². The number of carboxylic acids is 1. The van der Waals surface area contributed by atoms with Gasteiger partial charge in [-0.25, -0.2) is 0 Å². The van der Waals surface area contributed by atoms with Crippen molar-refractivity contribution in [1.29, 1.82) is 0 Å². The molecule has 1 aliphatic carbocycles. The van der Waals surface area contributed by atoms with Crippen LogP contribution < -0.4 is 5.32 Å². The van der Waals surface area contributed by atoms with E-state index in [9.17, 15) is 15.0 Å². The van der Waals surface area contributed by atoms with E-state index in [0.29, 0.717) is 12.8 Å². The van der Waals surface area contributed by atoms with Crippen molar-refractivity contribution in [3.63, 3.8) is 0 Å². The van der Waals surface area contributed by atoms with Gasteiger partial charge in [0.2, 0.25) is 0 Å². The van der Waals surface area contributed by atoms with Crippen LogP contribution in [0.25, 0.3) is 0 Å². The second kappa shape index (κ2) is 5.64. The quantitative estimate of drug-likeness (QED) is 0.668. The Kier molecular flexibility index (Phi) is 4.74. The van der Waals surface area contributed by atoms with Gasteiger partial charge in [0.1, 0.15) is 5.54 Å². The standard InChI is InChI=1S/C12H23NO3/c1-3-12(4-2,11(15)16)13-9-7-5-6-8-10(9)14/h9-10,13-14H,3-8H2,1-2H3,(H,15,16). The first-order chi connectivity index (χ1) is 7.55. The molecule has 0 saturated heterocycles. The molecule has 2 unspecified atom stereocenters. The number of carboxylic acid groups (broad SMARTS) is 1. The molecule has 0 aromatic rings. The average Bonchev–Trinajstić information content (AvgIpc) is 2.28.